The van der Waals surface area contributed by atoms with Crippen LogP contribution in [0, 0.1) is 0 Å². The molecule has 0 fully saturated rings. The van der Waals surface area contributed by atoms with Crippen LogP contribution in [0.4, 0.5) is 0 Å². The van der Waals surface area contributed by atoms with Gasteiger partial charge in [0.15, 0.2) is 5.78 Å². The fraction of sp³-hybridized carbons (Fsp3) is 0.200. The summed E-state index contributed by atoms with van der Waals surface area (Å²) in [5, 5.41) is 10.6. The maximum Gasteiger partial charge on any atom is 0.351 e. The molecule has 0 saturated heterocycles. The Morgan fingerprint density at radius 3 is 2.56 bits per heavy atom. The van der Waals surface area contributed by atoms with Crippen LogP contribution in [0.3, 0.4) is 0 Å². The maximum atomic E-state index is 12.4. The van der Waals surface area contributed by atoms with Gasteiger partial charge in [-0.05, 0) is 42.7 Å². The molecule has 5 heteroatoms. The van der Waals surface area contributed by atoms with Gasteiger partial charge in [0.2, 0.25) is 0 Å². The van der Waals surface area contributed by atoms with Gasteiger partial charge in [-0.15, -0.1) is 0 Å². The number of ether oxygens (including phenoxy) is 1. The predicted octanol–water partition coefficient (Wildman–Crippen LogP) is 3.71. The van der Waals surface area contributed by atoms with Crippen LogP contribution in [-0.2, 0) is 6.42 Å². The van der Waals surface area contributed by atoms with Crippen LogP contribution < -0.4 is 10.4 Å². The summed E-state index contributed by atoms with van der Waals surface area (Å²) in [4.78, 5) is 24.4. The van der Waals surface area contributed by atoms with E-state index in [1.54, 1.807) is 31.4 Å². The molecule has 0 aliphatic rings. The topological polar surface area (TPSA) is 76.7 Å². The summed E-state index contributed by atoms with van der Waals surface area (Å²) in [5.41, 5.74) is 0.266. The number of Topliss-reactive ketones (excluding diaryl/α,β-unsaturated/α-hetero) is 1. The van der Waals surface area contributed by atoms with E-state index in [0.717, 1.165) is 11.3 Å². The van der Waals surface area contributed by atoms with Crippen LogP contribution in [0.15, 0.2) is 57.7 Å². The molecule has 2 aromatic carbocycles. The maximum absolute atomic E-state index is 12.4. The van der Waals surface area contributed by atoms with Gasteiger partial charge in [0.25, 0.3) is 0 Å². The number of rotatable bonds is 6. The molecule has 128 valence electrons. The van der Waals surface area contributed by atoms with Gasteiger partial charge < -0.3 is 14.3 Å². The van der Waals surface area contributed by atoms with E-state index in [1.165, 1.54) is 0 Å². The predicted molar refractivity (Wildman–Crippen MR) is 94.4 cm³/mol. The summed E-state index contributed by atoms with van der Waals surface area (Å²) in [7, 11) is 1.61. The Hall–Kier alpha value is -3.08. The Kier molecular flexibility index (Phi) is 4.84. The van der Waals surface area contributed by atoms with Gasteiger partial charge in [0, 0.05) is 6.42 Å². The summed E-state index contributed by atoms with van der Waals surface area (Å²) in [5.74, 6) is 0.0605. The normalized spacial score (nSPS) is 10.8. The highest BCUT2D eigenvalue weighted by Gasteiger charge is 2.20. The van der Waals surface area contributed by atoms with Crippen molar-refractivity contribution in [2.75, 3.05) is 7.11 Å². The number of hydrogen-bond donors (Lipinski definition) is 1. The first kappa shape index (κ1) is 16.8. The average molecular weight is 338 g/mol. The Bertz CT molecular complexity index is 954. The van der Waals surface area contributed by atoms with Crippen LogP contribution in [-0.4, -0.2) is 18.0 Å². The molecule has 3 aromatic rings. The van der Waals surface area contributed by atoms with Gasteiger partial charge in [-0.2, -0.15) is 0 Å². The summed E-state index contributed by atoms with van der Waals surface area (Å²) in [6.07, 6.45) is 1.41. The molecular formula is C20H18O5. The molecule has 1 heterocycles. The molecule has 5 nitrogen and oxygen atoms in total. The second-order valence-electron chi connectivity index (χ2n) is 5.73. The summed E-state index contributed by atoms with van der Waals surface area (Å²) < 4.78 is 10.2. The quantitative estimate of drug-likeness (QED) is 0.547. The van der Waals surface area contributed by atoms with E-state index in [0.29, 0.717) is 18.2 Å². The number of benzene rings is 2. The first-order valence-electron chi connectivity index (χ1n) is 8.01. The second-order valence-corrected chi connectivity index (χ2v) is 5.73. The van der Waals surface area contributed by atoms with E-state index in [4.69, 9.17) is 9.15 Å². The third-order valence-electron chi connectivity index (χ3n) is 4.09. The minimum atomic E-state index is -0.800. The van der Waals surface area contributed by atoms with Crippen molar-refractivity contribution in [2.24, 2.45) is 0 Å². The molecule has 0 amide bonds. The average Bonchev–Trinajstić information content (AvgIpc) is 2.62. The van der Waals surface area contributed by atoms with Crippen molar-refractivity contribution in [3.8, 4) is 11.5 Å². The smallest absolute Gasteiger partial charge is 0.351 e. The number of carbonyl (C=O) groups excluding carboxylic acids is 1. The Labute approximate surface area is 144 Å². The number of carbonyl (C=O) groups is 1. The zero-order chi connectivity index (χ0) is 17.8. The number of ketones is 1. The third kappa shape index (κ3) is 3.55. The summed E-state index contributed by atoms with van der Waals surface area (Å²) >= 11 is 0. The van der Waals surface area contributed by atoms with E-state index in [-0.39, 0.29) is 23.3 Å². The Morgan fingerprint density at radius 2 is 1.84 bits per heavy atom. The fourth-order valence-corrected chi connectivity index (χ4v) is 2.75. The highest BCUT2D eigenvalue weighted by atomic mass is 16.5. The Morgan fingerprint density at radius 1 is 1.12 bits per heavy atom. The molecule has 0 saturated carbocycles. The van der Waals surface area contributed by atoms with Crippen LogP contribution in [0.1, 0.15) is 28.8 Å². The summed E-state index contributed by atoms with van der Waals surface area (Å²) in [6, 6.07) is 14.2. The lowest BCUT2D eigenvalue weighted by Gasteiger charge is -2.06. The Balaban J connectivity index is 1.73. The van der Waals surface area contributed by atoms with Crippen molar-refractivity contribution in [1.82, 2.24) is 0 Å². The molecule has 0 aliphatic carbocycles. The molecule has 0 spiro atoms. The zero-order valence-corrected chi connectivity index (χ0v) is 13.8. The number of aromatic hydroxyl groups is 1. The molecule has 3 rings (SSSR count). The van der Waals surface area contributed by atoms with Crippen LogP contribution in [0.5, 0.6) is 11.5 Å². The summed E-state index contributed by atoms with van der Waals surface area (Å²) in [6.45, 7) is 0. The lowest BCUT2D eigenvalue weighted by molar-refractivity contribution is 0.0974. The molecule has 0 bridgehead atoms. The van der Waals surface area contributed by atoms with Crippen molar-refractivity contribution in [2.45, 2.75) is 19.3 Å². The lowest BCUT2D eigenvalue weighted by atomic mass is 10.0. The molecule has 1 aromatic heterocycles. The first-order chi connectivity index (χ1) is 12.1. The number of hydrogen-bond acceptors (Lipinski definition) is 5. The molecule has 1 N–H and O–H groups in total. The van der Waals surface area contributed by atoms with E-state index in [9.17, 15) is 14.7 Å². The lowest BCUT2D eigenvalue weighted by Crippen LogP contribution is -2.14. The third-order valence-corrected chi connectivity index (χ3v) is 4.09. The first-order valence-corrected chi connectivity index (χ1v) is 8.01. The van der Waals surface area contributed by atoms with Gasteiger partial charge in [-0.1, -0.05) is 24.3 Å². The minimum absolute atomic E-state index is 0.155. The van der Waals surface area contributed by atoms with Gasteiger partial charge in [0.1, 0.15) is 22.6 Å². The number of methoxy groups -OCH3 is 1. The standard InChI is InChI=1S/C20H18O5/c1-24-14-11-9-13(10-12-14)5-4-7-16(21)18-19(22)15-6-2-3-8-17(15)25-20(18)23/h2-3,6,8-12,22H,4-5,7H2,1H3. The van der Waals surface area contributed by atoms with Crippen LogP contribution in [0.25, 0.3) is 11.0 Å². The van der Waals surface area contributed by atoms with Crippen LogP contribution in [0.2, 0.25) is 0 Å². The van der Waals surface area contributed by atoms with E-state index in [1.807, 2.05) is 24.3 Å². The number of aryl methyl sites for hydroxylation is 1. The fourth-order valence-electron chi connectivity index (χ4n) is 2.75. The highest BCUT2D eigenvalue weighted by molar-refractivity contribution is 6.02. The zero-order valence-electron chi connectivity index (χ0n) is 13.8. The molecule has 25 heavy (non-hydrogen) atoms. The highest BCUT2D eigenvalue weighted by Crippen LogP contribution is 2.27. The largest absolute Gasteiger partial charge is 0.506 e. The van der Waals surface area contributed by atoms with Gasteiger partial charge >= 0.3 is 5.63 Å². The molecule has 0 aliphatic heterocycles. The van der Waals surface area contributed by atoms with E-state index >= 15 is 0 Å². The minimum Gasteiger partial charge on any atom is -0.506 e. The van der Waals surface area contributed by atoms with Gasteiger partial charge in [-0.3, -0.25) is 4.79 Å². The number of para-hydroxylation sites is 1. The van der Waals surface area contributed by atoms with Gasteiger partial charge in [0.05, 0.1) is 12.5 Å². The molecule has 0 atom stereocenters. The van der Waals surface area contributed by atoms with E-state index < -0.39 is 11.4 Å². The SMILES string of the molecule is COc1ccc(CCCC(=O)c2c(O)c3ccccc3oc2=O)cc1. The molecule has 0 unspecified atom stereocenters. The molecular weight excluding hydrogens is 320 g/mol. The molecule has 0 radical (unpaired) electrons. The monoisotopic (exact) mass is 338 g/mol. The van der Waals surface area contributed by atoms with Crippen molar-refractivity contribution < 1.29 is 19.1 Å². The number of fused-ring (bicyclic) bond motifs is 1. The van der Waals surface area contributed by atoms with E-state index in [2.05, 4.69) is 0 Å². The second kappa shape index (κ2) is 7.21. The van der Waals surface area contributed by atoms with Crippen molar-refractivity contribution >= 4 is 16.8 Å². The van der Waals surface area contributed by atoms with Gasteiger partial charge in [-0.25, -0.2) is 4.79 Å². The van der Waals surface area contributed by atoms with Crippen molar-refractivity contribution in [3.63, 3.8) is 0 Å². The van der Waals surface area contributed by atoms with Crippen molar-refractivity contribution in [1.29, 1.82) is 0 Å². The van der Waals surface area contributed by atoms with Crippen LogP contribution >= 0.6 is 0 Å². The van der Waals surface area contributed by atoms with Crippen molar-refractivity contribution in [3.05, 3.63) is 70.1 Å².